The number of rotatable bonds is 11. The lowest BCUT2D eigenvalue weighted by Gasteiger charge is -2.28. The minimum absolute atomic E-state index is 0.0391. The molecule has 3 aromatic carbocycles. The van der Waals surface area contributed by atoms with E-state index < -0.39 is 0 Å². The number of nitrogens with zero attached hydrogens (tertiary/aromatic N) is 2. The molecule has 0 saturated carbocycles. The summed E-state index contributed by atoms with van der Waals surface area (Å²) in [6.45, 7) is 7.80. The standard InChI is InChI=1S/C32H38N4O2/c1-4-5-18-36(32(38)34-28-16-15-24(2)25(3)20-28)23-31(37)35(22-26-11-7-6-8-12-26)19-17-27-21-33-30-14-10-9-13-29(27)30/h6-16,20-21,33H,4-5,17-19,22-23H2,1-3H3,(H,34,38). The number of para-hydroxylation sites is 1. The molecule has 1 aromatic heterocycles. The van der Waals surface area contributed by atoms with Crippen molar-refractivity contribution in [3.05, 3.63) is 101 Å². The van der Waals surface area contributed by atoms with Gasteiger partial charge < -0.3 is 20.1 Å². The number of aromatic nitrogens is 1. The van der Waals surface area contributed by atoms with Gasteiger partial charge in [-0.2, -0.15) is 0 Å². The molecule has 4 rings (SSSR count). The molecular formula is C32H38N4O2. The Bertz CT molecular complexity index is 1360. The first kappa shape index (κ1) is 27.0. The van der Waals surface area contributed by atoms with E-state index in [2.05, 4.69) is 29.4 Å². The average molecular weight is 511 g/mol. The number of nitrogens with one attached hydrogen (secondary N) is 2. The van der Waals surface area contributed by atoms with Gasteiger partial charge in [0.2, 0.25) is 5.91 Å². The maximum absolute atomic E-state index is 13.7. The van der Waals surface area contributed by atoms with Crippen molar-refractivity contribution >= 4 is 28.5 Å². The Kier molecular flexibility index (Phi) is 9.20. The van der Waals surface area contributed by atoms with Crippen LogP contribution in [-0.4, -0.2) is 46.4 Å². The van der Waals surface area contributed by atoms with Crippen molar-refractivity contribution in [2.45, 2.75) is 46.6 Å². The zero-order valence-electron chi connectivity index (χ0n) is 22.7. The molecule has 0 atom stereocenters. The SMILES string of the molecule is CCCCN(CC(=O)N(CCc1c[nH]c2ccccc12)Cc1ccccc1)C(=O)Nc1ccc(C)c(C)c1. The van der Waals surface area contributed by atoms with Crippen LogP contribution in [0.2, 0.25) is 0 Å². The topological polar surface area (TPSA) is 68.4 Å². The average Bonchev–Trinajstić information content (AvgIpc) is 3.34. The van der Waals surface area contributed by atoms with E-state index in [-0.39, 0.29) is 18.5 Å². The highest BCUT2D eigenvalue weighted by atomic mass is 16.2. The normalized spacial score (nSPS) is 10.9. The zero-order valence-corrected chi connectivity index (χ0v) is 22.7. The van der Waals surface area contributed by atoms with Crippen molar-refractivity contribution in [1.82, 2.24) is 14.8 Å². The second-order valence-corrected chi connectivity index (χ2v) is 9.91. The Labute approximate surface area is 225 Å². The lowest BCUT2D eigenvalue weighted by Crippen LogP contribution is -2.45. The van der Waals surface area contributed by atoms with Gasteiger partial charge in [0.15, 0.2) is 0 Å². The van der Waals surface area contributed by atoms with Gasteiger partial charge in [0.1, 0.15) is 6.54 Å². The summed E-state index contributed by atoms with van der Waals surface area (Å²) in [6, 6.07) is 23.9. The zero-order chi connectivity index (χ0) is 26.9. The van der Waals surface area contributed by atoms with Gasteiger partial charge in [0, 0.05) is 42.4 Å². The predicted molar refractivity (Wildman–Crippen MR) is 155 cm³/mol. The van der Waals surface area contributed by atoms with E-state index >= 15 is 0 Å². The maximum atomic E-state index is 13.7. The highest BCUT2D eigenvalue weighted by molar-refractivity contribution is 5.92. The van der Waals surface area contributed by atoms with Crippen LogP contribution in [-0.2, 0) is 17.8 Å². The van der Waals surface area contributed by atoms with E-state index in [1.165, 1.54) is 16.5 Å². The van der Waals surface area contributed by atoms with Crippen LogP contribution in [0.15, 0.2) is 79.0 Å². The minimum Gasteiger partial charge on any atom is -0.361 e. The van der Waals surface area contributed by atoms with Crippen LogP contribution in [0.3, 0.4) is 0 Å². The second kappa shape index (κ2) is 13.0. The Morgan fingerprint density at radius 1 is 0.868 bits per heavy atom. The van der Waals surface area contributed by atoms with E-state index in [1.54, 1.807) is 4.90 Å². The molecule has 6 nitrogen and oxygen atoms in total. The fraction of sp³-hybridized carbons (Fsp3) is 0.312. The Balaban J connectivity index is 1.49. The Morgan fingerprint density at radius 2 is 1.63 bits per heavy atom. The van der Waals surface area contributed by atoms with Gasteiger partial charge in [-0.05, 0) is 67.1 Å². The number of unbranched alkanes of at least 4 members (excludes halogenated alkanes) is 1. The van der Waals surface area contributed by atoms with Crippen molar-refractivity contribution in [2.75, 3.05) is 25.0 Å². The van der Waals surface area contributed by atoms with Gasteiger partial charge in [-0.25, -0.2) is 4.79 Å². The molecule has 0 saturated heterocycles. The molecule has 0 aliphatic heterocycles. The van der Waals surface area contributed by atoms with Crippen LogP contribution in [0, 0.1) is 13.8 Å². The maximum Gasteiger partial charge on any atom is 0.322 e. The number of fused-ring (bicyclic) bond motifs is 1. The summed E-state index contributed by atoms with van der Waals surface area (Å²) >= 11 is 0. The number of aromatic amines is 1. The molecule has 0 aliphatic rings. The molecule has 3 amide bonds. The first-order valence-corrected chi connectivity index (χ1v) is 13.4. The summed E-state index contributed by atoms with van der Waals surface area (Å²) in [4.78, 5) is 33.8. The third-order valence-corrected chi connectivity index (χ3v) is 7.05. The quantitative estimate of drug-likeness (QED) is 0.236. The number of hydrogen-bond donors (Lipinski definition) is 2. The second-order valence-electron chi connectivity index (χ2n) is 9.91. The highest BCUT2D eigenvalue weighted by Gasteiger charge is 2.22. The first-order chi connectivity index (χ1) is 18.4. The molecule has 38 heavy (non-hydrogen) atoms. The van der Waals surface area contributed by atoms with E-state index in [0.717, 1.165) is 41.6 Å². The van der Waals surface area contributed by atoms with E-state index in [0.29, 0.717) is 19.6 Å². The van der Waals surface area contributed by atoms with Gasteiger partial charge in [0.05, 0.1) is 0 Å². The molecule has 0 spiro atoms. The molecule has 1 heterocycles. The lowest BCUT2D eigenvalue weighted by molar-refractivity contribution is -0.132. The molecule has 0 radical (unpaired) electrons. The molecule has 0 fully saturated rings. The fourth-order valence-electron chi connectivity index (χ4n) is 4.58. The molecule has 4 aromatic rings. The highest BCUT2D eigenvalue weighted by Crippen LogP contribution is 2.19. The van der Waals surface area contributed by atoms with Crippen LogP contribution < -0.4 is 5.32 Å². The van der Waals surface area contributed by atoms with Crippen LogP contribution in [0.4, 0.5) is 10.5 Å². The number of benzene rings is 3. The summed E-state index contributed by atoms with van der Waals surface area (Å²) in [5, 5.41) is 4.18. The van der Waals surface area contributed by atoms with Gasteiger partial charge in [-0.3, -0.25) is 4.79 Å². The summed E-state index contributed by atoms with van der Waals surface area (Å²) in [5.74, 6) is -0.0555. The van der Waals surface area contributed by atoms with E-state index in [1.807, 2.05) is 85.6 Å². The van der Waals surface area contributed by atoms with Crippen molar-refractivity contribution in [3.63, 3.8) is 0 Å². The third-order valence-electron chi connectivity index (χ3n) is 7.05. The Morgan fingerprint density at radius 3 is 2.39 bits per heavy atom. The Hall–Kier alpha value is -4.06. The number of anilines is 1. The fourth-order valence-corrected chi connectivity index (χ4v) is 4.58. The van der Waals surface area contributed by atoms with Crippen molar-refractivity contribution < 1.29 is 9.59 Å². The molecule has 2 N–H and O–H groups in total. The number of urea groups is 1. The van der Waals surface area contributed by atoms with Crippen molar-refractivity contribution in [1.29, 1.82) is 0 Å². The molecular weight excluding hydrogens is 472 g/mol. The predicted octanol–water partition coefficient (Wildman–Crippen LogP) is 6.69. The number of aryl methyl sites for hydroxylation is 2. The van der Waals surface area contributed by atoms with Crippen molar-refractivity contribution in [2.24, 2.45) is 0 Å². The van der Waals surface area contributed by atoms with Gasteiger partial charge >= 0.3 is 6.03 Å². The molecule has 6 heteroatoms. The summed E-state index contributed by atoms with van der Waals surface area (Å²) < 4.78 is 0. The molecule has 0 aliphatic carbocycles. The van der Waals surface area contributed by atoms with Gasteiger partial charge in [-0.1, -0.05) is 67.9 Å². The molecule has 0 bridgehead atoms. The summed E-state index contributed by atoms with van der Waals surface area (Å²) in [7, 11) is 0. The number of H-pyrrole nitrogens is 1. The van der Waals surface area contributed by atoms with E-state index in [9.17, 15) is 9.59 Å². The largest absolute Gasteiger partial charge is 0.361 e. The lowest BCUT2D eigenvalue weighted by atomic mass is 10.1. The van der Waals surface area contributed by atoms with Crippen LogP contribution in [0.5, 0.6) is 0 Å². The van der Waals surface area contributed by atoms with Gasteiger partial charge in [0.25, 0.3) is 0 Å². The third kappa shape index (κ3) is 7.03. The first-order valence-electron chi connectivity index (χ1n) is 13.4. The number of carbonyl (C=O) groups is 2. The van der Waals surface area contributed by atoms with Crippen LogP contribution >= 0.6 is 0 Å². The van der Waals surface area contributed by atoms with Crippen molar-refractivity contribution in [3.8, 4) is 0 Å². The molecule has 0 unspecified atom stereocenters. The van der Waals surface area contributed by atoms with Crippen LogP contribution in [0.25, 0.3) is 10.9 Å². The van der Waals surface area contributed by atoms with Crippen LogP contribution in [0.1, 0.15) is 42.0 Å². The molecule has 198 valence electrons. The number of carbonyl (C=O) groups excluding carboxylic acids is 2. The number of hydrogen-bond acceptors (Lipinski definition) is 2. The van der Waals surface area contributed by atoms with Gasteiger partial charge in [-0.15, -0.1) is 0 Å². The summed E-state index contributed by atoms with van der Waals surface area (Å²) in [5.41, 5.74) is 6.38. The monoisotopic (exact) mass is 510 g/mol. The summed E-state index contributed by atoms with van der Waals surface area (Å²) in [6.07, 6.45) is 4.53. The minimum atomic E-state index is -0.244. The smallest absolute Gasteiger partial charge is 0.322 e. The number of amides is 3. The van der Waals surface area contributed by atoms with E-state index in [4.69, 9.17) is 0 Å².